The van der Waals surface area contributed by atoms with Gasteiger partial charge in [-0.1, -0.05) is 66.2 Å². The molecule has 314 valence electrons. The van der Waals surface area contributed by atoms with E-state index in [2.05, 4.69) is 48.3 Å². The number of hydrogen-bond donors (Lipinski definition) is 3. The Morgan fingerprint density at radius 1 is 0.885 bits per heavy atom. The molecule has 0 bridgehead atoms. The van der Waals surface area contributed by atoms with Crippen LogP contribution in [-0.2, 0) is 16.6 Å². The van der Waals surface area contributed by atoms with E-state index in [1.807, 2.05) is 79.7 Å². The summed E-state index contributed by atoms with van der Waals surface area (Å²) in [5, 5.41) is 19.7. The van der Waals surface area contributed by atoms with E-state index in [9.17, 15) is 23.3 Å². The zero-order chi connectivity index (χ0) is 42.8. The second-order valence-electron chi connectivity index (χ2n) is 14.7. The number of sulfonamides is 1. The molecule has 0 saturated carbocycles. The Hall–Kier alpha value is -5.93. The van der Waals surface area contributed by atoms with Crippen LogP contribution in [0.3, 0.4) is 0 Å². The molecule has 1 aromatic heterocycles. The molecule has 7 rings (SSSR count). The molecule has 1 aliphatic heterocycles. The third kappa shape index (κ3) is 11.7. The monoisotopic (exact) mass is 875 g/mol. The number of carbonyl (C=O) groups is 1. The van der Waals surface area contributed by atoms with E-state index in [1.54, 1.807) is 42.2 Å². The molecule has 0 aliphatic carbocycles. The van der Waals surface area contributed by atoms with Crippen molar-refractivity contribution in [1.82, 2.24) is 14.6 Å². The minimum atomic E-state index is -4.46. The van der Waals surface area contributed by atoms with Gasteiger partial charge in [0.25, 0.3) is 21.6 Å². The first-order valence-electron chi connectivity index (χ1n) is 19.9. The first kappa shape index (κ1) is 43.2. The maximum atomic E-state index is 13.5. The fourth-order valence-electron chi connectivity index (χ4n) is 7.17. The van der Waals surface area contributed by atoms with Crippen LogP contribution in [0.15, 0.2) is 149 Å². The van der Waals surface area contributed by atoms with Crippen LogP contribution in [-0.4, -0.2) is 73.7 Å². The highest BCUT2D eigenvalue weighted by molar-refractivity contribution is 7.99. The number of nitro groups is 1. The minimum absolute atomic E-state index is 0.145. The topological polar surface area (TPSA) is 150 Å². The molecule has 15 heteroatoms. The Kier molecular flexibility index (Phi) is 14.2. The van der Waals surface area contributed by atoms with Crippen LogP contribution in [0.1, 0.15) is 28.0 Å². The molecule has 2 heterocycles. The SMILES string of the molecule is Cc1cc(NCC[C@H](CSc2ccccc2)Nc2ccc(S(=O)(=O)NC(=O)c3ccc(N4CCN(Cc5ccccc5-c5ccc(Cl)cc5)CC4)cc3)cc2[N+](=O)[O-])ccn1. The third-order valence-electron chi connectivity index (χ3n) is 10.4. The number of halogens is 1. The molecular formula is C46H46ClN7O5S2. The van der Waals surface area contributed by atoms with Crippen LogP contribution in [0.2, 0.25) is 5.02 Å². The van der Waals surface area contributed by atoms with Crippen molar-refractivity contribution in [2.75, 3.05) is 54.0 Å². The fourth-order valence-corrected chi connectivity index (χ4v) is 9.28. The molecule has 5 aromatic carbocycles. The summed E-state index contributed by atoms with van der Waals surface area (Å²) in [7, 11) is -4.46. The average molecular weight is 877 g/mol. The second-order valence-corrected chi connectivity index (χ2v) is 17.9. The van der Waals surface area contributed by atoms with Gasteiger partial charge in [0.05, 0.1) is 9.82 Å². The number of aromatic nitrogens is 1. The predicted octanol–water partition coefficient (Wildman–Crippen LogP) is 9.13. The molecule has 12 nitrogen and oxygen atoms in total. The number of nitrogens with one attached hydrogen (secondary N) is 3. The Labute approximate surface area is 365 Å². The van der Waals surface area contributed by atoms with E-state index >= 15 is 0 Å². The van der Waals surface area contributed by atoms with Crippen LogP contribution in [0, 0.1) is 17.0 Å². The number of hydrogen-bond acceptors (Lipinski definition) is 11. The molecule has 6 aromatic rings. The number of nitrogens with zero attached hydrogens (tertiary/aromatic N) is 4. The van der Waals surface area contributed by atoms with E-state index in [0.717, 1.165) is 66.3 Å². The van der Waals surface area contributed by atoms with Crippen LogP contribution in [0.25, 0.3) is 11.1 Å². The summed E-state index contributed by atoms with van der Waals surface area (Å²) in [6.07, 6.45) is 2.33. The molecule has 1 aliphatic rings. The number of aryl methyl sites for hydroxylation is 1. The van der Waals surface area contributed by atoms with Gasteiger partial charge in [0.15, 0.2) is 0 Å². The van der Waals surface area contributed by atoms with Gasteiger partial charge in [-0.3, -0.25) is 24.8 Å². The summed E-state index contributed by atoms with van der Waals surface area (Å²) in [5.74, 6) is -0.250. The van der Waals surface area contributed by atoms with E-state index in [0.29, 0.717) is 23.7 Å². The lowest BCUT2D eigenvalue weighted by atomic mass is 9.99. The Balaban J connectivity index is 0.962. The van der Waals surface area contributed by atoms with Crippen LogP contribution >= 0.6 is 23.4 Å². The molecule has 1 fully saturated rings. The van der Waals surface area contributed by atoms with Crippen LogP contribution in [0.4, 0.5) is 22.7 Å². The zero-order valence-electron chi connectivity index (χ0n) is 33.5. The quantitative estimate of drug-likeness (QED) is 0.0458. The third-order valence-corrected chi connectivity index (χ3v) is 13.2. The summed E-state index contributed by atoms with van der Waals surface area (Å²) in [6.45, 7) is 6.53. The molecular weight excluding hydrogens is 830 g/mol. The molecule has 0 radical (unpaired) electrons. The number of amides is 1. The molecule has 1 atom stereocenters. The normalized spacial score (nSPS) is 13.6. The van der Waals surface area contributed by atoms with Crippen LogP contribution in [0.5, 0.6) is 0 Å². The number of piperazine rings is 1. The van der Waals surface area contributed by atoms with Gasteiger partial charge in [0.1, 0.15) is 5.69 Å². The predicted molar refractivity (Wildman–Crippen MR) is 245 cm³/mol. The summed E-state index contributed by atoms with van der Waals surface area (Å²) in [5.41, 5.74) is 6.16. The number of carbonyl (C=O) groups excluding carboxylic acids is 1. The smallest absolute Gasteiger partial charge is 0.293 e. The number of thioether (sulfide) groups is 1. The molecule has 1 amide bonds. The standard InChI is InChI=1S/C46H46ClN7O5S2/c1-33-29-38(21-23-48-33)49-24-22-39(32-60-41-8-3-2-4-9-41)50-44-20-19-42(30-45(44)54(56)57)61(58,59)51-46(55)35-13-17-40(18-14-35)53-27-25-52(26-28-53)31-36-7-5-6-10-43(36)34-11-15-37(47)16-12-34/h2-21,23,29-30,39,50H,22,24-28,31-32H2,1H3,(H,48,49)(H,51,55)/t39-/m1/s1. The van der Waals surface area contributed by atoms with E-state index in [-0.39, 0.29) is 17.3 Å². The lowest BCUT2D eigenvalue weighted by molar-refractivity contribution is -0.384. The van der Waals surface area contributed by atoms with Gasteiger partial charge in [-0.25, -0.2) is 13.1 Å². The number of nitro benzene ring substituents is 1. The van der Waals surface area contributed by atoms with Crippen molar-refractivity contribution in [3.63, 3.8) is 0 Å². The molecule has 1 saturated heterocycles. The lowest BCUT2D eigenvalue weighted by Crippen LogP contribution is -2.46. The van der Waals surface area contributed by atoms with Crippen molar-refractivity contribution in [2.24, 2.45) is 0 Å². The molecule has 61 heavy (non-hydrogen) atoms. The van der Waals surface area contributed by atoms with Crippen molar-refractivity contribution in [2.45, 2.75) is 35.7 Å². The minimum Gasteiger partial charge on any atom is -0.385 e. The zero-order valence-corrected chi connectivity index (χ0v) is 35.9. The molecule has 3 N–H and O–H groups in total. The summed E-state index contributed by atoms with van der Waals surface area (Å²) in [6, 6.07) is 40.1. The summed E-state index contributed by atoms with van der Waals surface area (Å²) >= 11 is 7.73. The van der Waals surface area contributed by atoms with Crippen LogP contribution < -0.4 is 20.3 Å². The van der Waals surface area contributed by atoms with Gasteiger partial charge in [0.2, 0.25) is 0 Å². The van der Waals surface area contributed by atoms with Crippen molar-refractivity contribution >= 4 is 62.0 Å². The Bertz CT molecular complexity index is 2560. The first-order valence-corrected chi connectivity index (χ1v) is 22.7. The van der Waals surface area contributed by atoms with Crippen molar-refractivity contribution in [1.29, 1.82) is 0 Å². The highest BCUT2D eigenvalue weighted by atomic mass is 35.5. The highest BCUT2D eigenvalue weighted by Crippen LogP contribution is 2.31. The number of anilines is 3. The molecule has 0 spiro atoms. The largest absolute Gasteiger partial charge is 0.385 e. The van der Waals surface area contributed by atoms with Crippen molar-refractivity contribution < 1.29 is 18.1 Å². The van der Waals surface area contributed by atoms with Gasteiger partial charge in [-0.05, 0) is 103 Å². The number of pyridine rings is 1. The maximum Gasteiger partial charge on any atom is 0.293 e. The van der Waals surface area contributed by atoms with E-state index < -0.39 is 31.4 Å². The lowest BCUT2D eigenvalue weighted by Gasteiger charge is -2.36. The van der Waals surface area contributed by atoms with Gasteiger partial charge < -0.3 is 15.5 Å². The fraction of sp³-hybridized carbons (Fsp3) is 0.217. The number of benzene rings is 5. The Morgan fingerprint density at radius 2 is 1.61 bits per heavy atom. The summed E-state index contributed by atoms with van der Waals surface area (Å²) in [4.78, 5) is 34.5. The average Bonchev–Trinajstić information content (AvgIpc) is 3.26. The van der Waals surface area contributed by atoms with Gasteiger partial charge in [-0.15, -0.1) is 11.8 Å². The second kappa shape index (κ2) is 20.1. The molecule has 0 unspecified atom stereocenters. The highest BCUT2D eigenvalue weighted by Gasteiger charge is 2.26. The van der Waals surface area contributed by atoms with Crippen molar-refractivity contribution in [3.8, 4) is 11.1 Å². The number of rotatable bonds is 17. The Morgan fingerprint density at radius 3 is 2.33 bits per heavy atom. The van der Waals surface area contributed by atoms with Gasteiger partial charge in [-0.2, -0.15) is 0 Å². The van der Waals surface area contributed by atoms with E-state index in [1.165, 1.54) is 23.3 Å². The van der Waals surface area contributed by atoms with Gasteiger partial charge >= 0.3 is 0 Å². The first-order chi connectivity index (χ1) is 29.5. The van der Waals surface area contributed by atoms with Crippen molar-refractivity contribution in [3.05, 3.63) is 172 Å². The maximum absolute atomic E-state index is 13.5. The van der Waals surface area contributed by atoms with Gasteiger partial charge in [0, 0.05) is 95.9 Å². The van der Waals surface area contributed by atoms with E-state index in [4.69, 9.17) is 11.6 Å². The summed E-state index contributed by atoms with van der Waals surface area (Å²) < 4.78 is 29.0.